The third-order valence-electron chi connectivity index (χ3n) is 3.74. The van der Waals surface area contributed by atoms with Gasteiger partial charge in [0.1, 0.15) is 0 Å². The zero-order chi connectivity index (χ0) is 13.6. The molecule has 0 aliphatic carbocycles. The molecular formula is C13H24N4O2. The van der Waals surface area contributed by atoms with E-state index in [1.54, 1.807) is 11.8 Å². The smallest absolute Gasteiger partial charge is 0.0833 e. The molecule has 6 nitrogen and oxygen atoms in total. The molecule has 0 aromatic carbocycles. The van der Waals surface area contributed by atoms with Crippen molar-refractivity contribution in [3.05, 3.63) is 11.9 Å². The molecule has 1 aliphatic heterocycles. The van der Waals surface area contributed by atoms with E-state index < -0.39 is 0 Å². The summed E-state index contributed by atoms with van der Waals surface area (Å²) in [4.78, 5) is 0. The van der Waals surface area contributed by atoms with Gasteiger partial charge in [-0.15, -0.1) is 5.10 Å². The lowest BCUT2D eigenvalue weighted by atomic mass is 9.76. The Morgan fingerprint density at radius 2 is 2.26 bits per heavy atom. The molecule has 19 heavy (non-hydrogen) atoms. The Bertz CT molecular complexity index is 374. The Balaban J connectivity index is 1.93. The quantitative estimate of drug-likeness (QED) is 0.725. The lowest BCUT2D eigenvalue weighted by Gasteiger charge is -2.37. The van der Waals surface area contributed by atoms with Gasteiger partial charge in [0.05, 0.1) is 12.3 Å². The van der Waals surface area contributed by atoms with E-state index in [0.29, 0.717) is 0 Å². The second-order valence-corrected chi connectivity index (χ2v) is 5.34. The van der Waals surface area contributed by atoms with E-state index in [-0.39, 0.29) is 5.41 Å². The fourth-order valence-electron chi connectivity index (χ4n) is 2.61. The van der Waals surface area contributed by atoms with Crippen molar-refractivity contribution < 1.29 is 9.47 Å². The predicted octanol–water partition coefficient (Wildman–Crippen LogP) is 0.390. The van der Waals surface area contributed by atoms with Crippen LogP contribution in [0.2, 0.25) is 0 Å². The van der Waals surface area contributed by atoms with Gasteiger partial charge in [-0.25, -0.2) is 0 Å². The van der Waals surface area contributed by atoms with Crippen molar-refractivity contribution in [3.63, 3.8) is 0 Å². The number of methoxy groups -OCH3 is 1. The summed E-state index contributed by atoms with van der Waals surface area (Å²) in [5.74, 6) is 0. The molecule has 1 saturated heterocycles. The molecule has 0 spiro atoms. The van der Waals surface area contributed by atoms with Crippen LogP contribution in [0.5, 0.6) is 0 Å². The molecular weight excluding hydrogens is 244 g/mol. The van der Waals surface area contributed by atoms with Gasteiger partial charge in [-0.3, -0.25) is 4.68 Å². The van der Waals surface area contributed by atoms with Gasteiger partial charge < -0.3 is 14.8 Å². The lowest BCUT2D eigenvalue weighted by molar-refractivity contribution is 0.0139. The molecule has 2 rings (SSSR count). The van der Waals surface area contributed by atoms with Gasteiger partial charge in [-0.05, 0) is 18.3 Å². The van der Waals surface area contributed by atoms with Crippen molar-refractivity contribution in [2.24, 2.45) is 12.5 Å². The first kappa shape index (κ1) is 14.4. The highest BCUT2D eigenvalue weighted by Gasteiger charge is 2.33. The van der Waals surface area contributed by atoms with Crippen molar-refractivity contribution in [3.8, 4) is 0 Å². The van der Waals surface area contributed by atoms with Crippen LogP contribution >= 0.6 is 0 Å². The average Bonchev–Trinajstić information content (AvgIpc) is 2.81. The summed E-state index contributed by atoms with van der Waals surface area (Å²) in [5.41, 5.74) is 1.31. The molecule has 108 valence electrons. The Morgan fingerprint density at radius 3 is 2.89 bits per heavy atom. The van der Waals surface area contributed by atoms with Gasteiger partial charge in [0.25, 0.3) is 0 Å². The first-order chi connectivity index (χ1) is 9.24. The van der Waals surface area contributed by atoms with Crippen molar-refractivity contribution >= 4 is 0 Å². The van der Waals surface area contributed by atoms with Crippen LogP contribution in [0.15, 0.2) is 6.20 Å². The second kappa shape index (κ2) is 6.98. The zero-order valence-corrected chi connectivity index (χ0v) is 11.9. The fourth-order valence-corrected chi connectivity index (χ4v) is 2.61. The monoisotopic (exact) mass is 268 g/mol. The molecule has 0 bridgehead atoms. The molecule has 1 fully saturated rings. The number of nitrogens with zero attached hydrogens (tertiary/aromatic N) is 3. The number of ether oxygens (including phenoxy) is 2. The van der Waals surface area contributed by atoms with E-state index in [2.05, 4.69) is 15.6 Å². The molecule has 1 N–H and O–H groups in total. The number of hydrogen-bond donors (Lipinski definition) is 1. The summed E-state index contributed by atoms with van der Waals surface area (Å²) in [5, 5.41) is 11.7. The van der Waals surface area contributed by atoms with Gasteiger partial charge in [-0.2, -0.15) is 0 Å². The van der Waals surface area contributed by atoms with Crippen LogP contribution in [0.25, 0.3) is 0 Å². The Morgan fingerprint density at radius 1 is 1.47 bits per heavy atom. The highest BCUT2D eigenvalue weighted by Crippen LogP contribution is 2.33. The highest BCUT2D eigenvalue weighted by molar-refractivity contribution is 5.00. The Labute approximate surface area is 114 Å². The topological polar surface area (TPSA) is 61.2 Å². The lowest BCUT2D eigenvalue weighted by Crippen LogP contribution is -2.41. The standard InChI is InChI=1S/C13H24N4O2/c1-17-10-12(15-16-17)9-13(3-6-19-7-4-13)11-14-5-8-18-2/h10,14H,3-9,11H2,1-2H3. The molecule has 2 heterocycles. The maximum atomic E-state index is 5.50. The van der Waals surface area contributed by atoms with Crippen LogP contribution in [0, 0.1) is 5.41 Å². The van der Waals surface area contributed by atoms with Crippen LogP contribution in [0.3, 0.4) is 0 Å². The SMILES string of the molecule is COCCNCC1(Cc2cn(C)nn2)CCOCC1. The molecule has 1 aliphatic rings. The van der Waals surface area contributed by atoms with Gasteiger partial charge in [0, 0.05) is 53.1 Å². The van der Waals surface area contributed by atoms with E-state index in [0.717, 1.165) is 57.9 Å². The summed E-state index contributed by atoms with van der Waals surface area (Å²) >= 11 is 0. The summed E-state index contributed by atoms with van der Waals surface area (Å²) in [6, 6.07) is 0. The highest BCUT2D eigenvalue weighted by atomic mass is 16.5. The summed E-state index contributed by atoms with van der Waals surface area (Å²) < 4.78 is 12.3. The molecule has 0 atom stereocenters. The maximum Gasteiger partial charge on any atom is 0.0833 e. The predicted molar refractivity (Wildman–Crippen MR) is 71.9 cm³/mol. The van der Waals surface area contributed by atoms with Crippen LogP contribution < -0.4 is 5.32 Å². The average molecular weight is 268 g/mol. The Kier molecular flexibility index (Phi) is 5.30. The van der Waals surface area contributed by atoms with Crippen molar-refractivity contribution in [2.75, 3.05) is 40.0 Å². The maximum absolute atomic E-state index is 5.50. The molecule has 0 saturated carbocycles. The van der Waals surface area contributed by atoms with Gasteiger partial charge in [0.15, 0.2) is 0 Å². The molecule has 0 radical (unpaired) electrons. The number of rotatable bonds is 7. The van der Waals surface area contributed by atoms with E-state index >= 15 is 0 Å². The number of nitrogens with one attached hydrogen (secondary N) is 1. The van der Waals surface area contributed by atoms with Crippen molar-refractivity contribution in [2.45, 2.75) is 19.3 Å². The van der Waals surface area contributed by atoms with E-state index in [1.165, 1.54) is 0 Å². The third kappa shape index (κ3) is 4.26. The number of hydrogen-bond acceptors (Lipinski definition) is 5. The van der Waals surface area contributed by atoms with E-state index in [1.807, 2.05) is 13.2 Å². The Hall–Kier alpha value is -0.980. The molecule has 0 amide bonds. The van der Waals surface area contributed by atoms with Crippen molar-refractivity contribution in [1.82, 2.24) is 20.3 Å². The van der Waals surface area contributed by atoms with Crippen LogP contribution in [0.1, 0.15) is 18.5 Å². The first-order valence-electron chi connectivity index (χ1n) is 6.87. The van der Waals surface area contributed by atoms with Crippen LogP contribution in [-0.4, -0.2) is 55.0 Å². The van der Waals surface area contributed by atoms with Gasteiger partial charge in [0.2, 0.25) is 0 Å². The second-order valence-electron chi connectivity index (χ2n) is 5.34. The largest absolute Gasteiger partial charge is 0.383 e. The number of aromatic nitrogens is 3. The molecule has 1 aromatic heterocycles. The van der Waals surface area contributed by atoms with Gasteiger partial charge >= 0.3 is 0 Å². The van der Waals surface area contributed by atoms with Crippen LogP contribution in [0.4, 0.5) is 0 Å². The summed E-state index contributed by atoms with van der Waals surface area (Å²) in [7, 11) is 3.63. The number of aryl methyl sites for hydroxylation is 1. The van der Waals surface area contributed by atoms with Crippen molar-refractivity contribution in [1.29, 1.82) is 0 Å². The minimum Gasteiger partial charge on any atom is -0.383 e. The first-order valence-corrected chi connectivity index (χ1v) is 6.87. The summed E-state index contributed by atoms with van der Waals surface area (Å²) in [6.07, 6.45) is 5.11. The third-order valence-corrected chi connectivity index (χ3v) is 3.74. The van der Waals surface area contributed by atoms with E-state index in [9.17, 15) is 0 Å². The zero-order valence-electron chi connectivity index (χ0n) is 11.9. The fraction of sp³-hybridized carbons (Fsp3) is 0.846. The molecule has 0 unspecified atom stereocenters. The minimum atomic E-state index is 0.238. The van der Waals surface area contributed by atoms with Gasteiger partial charge in [-0.1, -0.05) is 5.21 Å². The minimum absolute atomic E-state index is 0.238. The normalized spacial score (nSPS) is 18.6. The van der Waals surface area contributed by atoms with Crippen LogP contribution in [-0.2, 0) is 22.9 Å². The van der Waals surface area contributed by atoms with E-state index in [4.69, 9.17) is 9.47 Å². The molecule has 1 aromatic rings. The summed E-state index contributed by atoms with van der Waals surface area (Å²) in [6.45, 7) is 4.30. The molecule has 6 heteroatoms.